The van der Waals surface area contributed by atoms with Gasteiger partial charge in [0.15, 0.2) is 0 Å². The predicted octanol–water partition coefficient (Wildman–Crippen LogP) is 2.23. The molecule has 0 aromatic carbocycles. The summed E-state index contributed by atoms with van der Waals surface area (Å²) in [6.45, 7) is 10.8. The highest BCUT2D eigenvalue weighted by atomic mass is 16.5. The Morgan fingerprint density at radius 2 is 2.08 bits per heavy atom. The molecule has 0 aliphatic heterocycles. The Morgan fingerprint density at radius 3 is 2.31 bits per heavy atom. The Balaban J connectivity index is 4.53. The maximum absolute atomic E-state index is 9.41. The van der Waals surface area contributed by atoms with Crippen LogP contribution in [-0.4, -0.2) is 25.4 Å². The molecule has 0 saturated heterocycles. The minimum absolute atomic E-state index is 0.152. The van der Waals surface area contributed by atoms with E-state index in [9.17, 15) is 5.11 Å². The Hall–Kier alpha value is -0.340. The van der Waals surface area contributed by atoms with Gasteiger partial charge >= 0.3 is 0 Å². The largest absolute Gasteiger partial charge is 0.396 e. The first-order valence-electron chi connectivity index (χ1n) is 4.72. The number of aliphatic hydroxyl groups excluding tert-OH is 1. The zero-order chi connectivity index (χ0) is 10.5. The van der Waals surface area contributed by atoms with E-state index in [-0.39, 0.29) is 12.0 Å². The van der Waals surface area contributed by atoms with E-state index >= 15 is 0 Å². The van der Waals surface area contributed by atoms with Crippen molar-refractivity contribution < 1.29 is 9.84 Å². The molecular formula is C11H22O2. The molecule has 0 bridgehead atoms. The molecule has 1 N–H and O–H groups in total. The summed E-state index contributed by atoms with van der Waals surface area (Å²) in [4.78, 5) is 0. The molecule has 0 heterocycles. The fraction of sp³-hybridized carbons (Fsp3) is 0.818. The molecule has 1 atom stereocenters. The van der Waals surface area contributed by atoms with Gasteiger partial charge in [-0.3, -0.25) is 0 Å². The molecule has 0 aliphatic carbocycles. The summed E-state index contributed by atoms with van der Waals surface area (Å²) in [5, 5.41) is 9.41. The zero-order valence-corrected chi connectivity index (χ0v) is 9.26. The third-order valence-corrected chi connectivity index (χ3v) is 2.63. The zero-order valence-electron chi connectivity index (χ0n) is 9.26. The lowest BCUT2D eigenvalue weighted by molar-refractivity contribution is -0.00380. The van der Waals surface area contributed by atoms with E-state index < -0.39 is 0 Å². The van der Waals surface area contributed by atoms with Gasteiger partial charge in [0.05, 0.1) is 13.2 Å². The summed E-state index contributed by atoms with van der Waals surface area (Å²) < 4.78 is 5.16. The van der Waals surface area contributed by atoms with Gasteiger partial charge in [-0.1, -0.05) is 19.4 Å². The van der Waals surface area contributed by atoms with Crippen molar-refractivity contribution in [3.05, 3.63) is 12.2 Å². The molecule has 78 valence electrons. The van der Waals surface area contributed by atoms with Crippen LogP contribution in [0, 0.1) is 11.3 Å². The molecule has 0 rings (SSSR count). The van der Waals surface area contributed by atoms with Crippen molar-refractivity contribution in [1.29, 1.82) is 0 Å². The molecule has 2 nitrogen and oxygen atoms in total. The highest BCUT2D eigenvalue weighted by molar-refractivity contribution is 4.98. The lowest BCUT2D eigenvalue weighted by atomic mass is 9.74. The molecule has 0 aliphatic rings. The van der Waals surface area contributed by atoms with Gasteiger partial charge in [-0.25, -0.2) is 0 Å². The van der Waals surface area contributed by atoms with Crippen molar-refractivity contribution in [1.82, 2.24) is 0 Å². The molecule has 2 heteroatoms. The molecule has 13 heavy (non-hydrogen) atoms. The molecular weight excluding hydrogens is 164 g/mol. The average Bonchev–Trinajstić information content (AvgIpc) is 2.02. The van der Waals surface area contributed by atoms with Gasteiger partial charge in [-0.2, -0.15) is 0 Å². The SMILES string of the molecule is C=C(C)CC(CO)(COC)C(C)C. The third kappa shape index (κ3) is 3.49. The second-order valence-electron chi connectivity index (χ2n) is 4.24. The van der Waals surface area contributed by atoms with Crippen molar-refractivity contribution in [2.75, 3.05) is 20.3 Å². The smallest absolute Gasteiger partial charge is 0.0546 e. The molecule has 1 unspecified atom stereocenters. The lowest BCUT2D eigenvalue weighted by Crippen LogP contribution is -2.36. The van der Waals surface area contributed by atoms with E-state index in [1.807, 2.05) is 6.92 Å². The second-order valence-corrected chi connectivity index (χ2v) is 4.24. The normalized spacial score (nSPS) is 15.8. The molecule has 0 aromatic rings. The van der Waals surface area contributed by atoms with E-state index in [0.29, 0.717) is 12.5 Å². The van der Waals surface area contributed by atoms with E-state index in [4.69, 9.17) is 4.74 Å². The van der Waals surface area contributed by atoms with Crippen LogP contribution in [-0.2, 0) is 4.74 Å². The topological polar surface area (TPSA) is 29.5 Å². The monoisotopic (exact) mass is 186 g/mol. The Bertz CT molecular complexity index is 163. The average molecular weight is 186 g/mol. The lowest BCUT2D eigenvalue weighted by Gasteiger charge is -2.35. The maximum atomic E-state index is 9.41. The van der Waals surface area contributed by atoms with Crippen molar-refractivity contribution >= 4 is 0 Å². The Labute approximate surface area is 81.6 Å². The van der Waals surface area contributed by atoms with Gasteiger partial charge in [0, 0.05) is 12.5 Å². The summed E-state index contributed by atoms with van der Waals surface area (Å²) >= 11 is 0. The molecule has 0 radical (unpaired) electrons. The van der Waals surface area contributed by atoms with E-state index in [2.05, 4.69) is 20.4 Å². The van der Waals surface area contributed by atoms with Crippen LogP contribution in [0.15, 0.2) is 12.2 Å². The first-order valence-corrected chi connectivity index (χ1v) is 4.72. The highest BCUT2D eigenvalue weighted by Crippen LogP contribution is 2.33. The van der Waals surface area contributed by atoms with E-state index in [0.717, 1.165) is 12.0 Å². The van der Waals surface area contributed by atoms with Gasteiger partial charge in [-0.15, -0.1) is 6.58 Å². The summed E-state index contributed by atoms with van der Waals surface area (Å²) in [7, 11) is 1.67. The maximum Gasteiger partial charge on any atom is 0.0546 e. The fourth-order valence-corrected chi connectivity index (χ4v) is 1.59. The number of rotatable bonds is 6. The van der Waals surface area contributed by atoms with Gasteiger partial charge in [-0.05, 0) is 19.3 Å². The van der Waals surface area contributed by atoms with Crippen molar-refractivity contribution in [3.63, 3.8) is 0 Å². The minimum atomic E-state index is -0.152. The second kappa shape index (κ2) is 5.40. The van der Waals surface area contributed by atoms with Crippen LogP contribution in [0.4, 0.5) is 0 Å². The molecule has 0 spiro atoms. The predicted molar refractivity (Wildman–Crippen MR) is 55.7 cm³/mol. The summed E-state index contributed by atoms with van der Waals surface area (Å²) in [5.41, 5.74) is 0.945. The standard InChI is InChI=1S/C11H22O2/c1-9(2)6-11(7-12,8-13-5)10(3)4/h10,12H,1,6-8H2,2-5H3. The Kier molecular flexibility index (Phi) is 5.26. The van der Waals surface area contributed by atoms with E-state index in [1.165, 1.54) is 0 Å². The van der Waals surface area contributed by atoms with Gasteiger partial charge < -0.3 is 9.84 Å². The third-order valence-electron chi connectivity index (χ3n) is 2.63. The van der Waals surface area contributed by atoms with Crippen molar-refractivity contribution in [2.45, 2.75) is 27.2 Å². The Morgan fingerprint density at radius 1 is 1.54 bits per heavy atom. The molecule has 0 fully saturated rings. The van der Waals surface area contributed by atoms with Gasteiger partial charge in [0.2, 0.25) is 0 Å². The van der Waals surface area contributed by atoms with Crippen molar-refractivity contribution in [3.8, 4) is 0 Å². The minimum Gasteiger partial charge on any atom is -0.396 e. The highest BCUT2D eigenvalue weighted by Gasteiger charge is 2.33. The van der Waals surface area contributed by atoms with Crippen LogP contribution < -0.4 is 0 Å². The van der Waals surface area contributed by atoms with Crippen LogP contribution in [0.1, 0.15) is 27.2 Å². The molecule has 0 aromatic heterocycles. The first-order chi connectivity index (χ1) is 5.98. The first kappa shape index (κ1) is 12.7. The van der Waals surface area contributed by atoms with Gasteiger partial charge in [0.25, 0.3) is 0 Å². The molecule has 0 amide bonds. The number of hydrogen-bond acceptors (Lipinski definition) is 2. The summed E-state index contributed by atoms with van der Waals surface area (Å²) in [6, 6.07) is 0. The van der Waals surface area contributed by atoms with Gasteiger partial charge in [0.1, 0.15) is 0 Å². The fourth-order valence-electron chi connectivity index (χ4n) is 1.59. The van der Waals surface area contributed by atoms with E-state index in [1.54, 1.807) is 7.11 Å². The quantitative estimate of drug-likeness (QED) is 0.645. The number of allylic oxidation sites excluding steroid dienone is 1. The van der Waals surface area contributed by atoms with Crippen LogP contribution in [0.5, 0.6) is 0 Å². The molecule has 0 saturated carbocycles. The van der Waals surface area contributed by atoms with Crippen LogP contribution >= 0.6 is 0 Å². The summed E-state index contributed by atoms with van der Waals surface area (Å²) in [6.07, 6.45) is 0.828. The number of aliphatic hydroxyl groups is 1. The van der Waals surface area contributed by atoms with Crippen molar-refractivity contribution in [2.24, 2.45) is 11.3 Å². The number of hydrogen-bond donors (Lipinski definition) is 1. The van der Waals surface area contributed by atoms with Crippen LogP contribution in [0.25, 0.3) is 0 Å². The summed E-state index contributed by atoms with van der Waals surface area (Å²) in [5.74, 6) is 0.397. The number of ether oxygens (including phenoxy) is 1. The van der Waals surface area contributed by atoms with Crippen LogP contribution in [0.3, 0.4) is 0 Å². The number of methoxy groups -OCH3 is 1. The van der Waals surface area contributed by atoms with Crippen LogP contribution in [0.2, 0.25) is 0 Å².